The second-order valence-corrected chi connectivity index (χ2v) is 5.99. The molecular weight excluding hydrogens is 330 g/mol. The number of carbonyl (C=O) groups is 1. The molecule has 0 aliphatic heterocycles. The van der Waals surface area contributed by atoms with Gasteiger partial charge in [-0.25, -0.2) is 0 Å². The van der Waals surface area contributed by atoms with E-state index in [1.165, 1.54) is 5.56 Å². The molecule has 2 aromatic carbocycles. The van der Waals surface area contributed by atoms with Crippen molar-refractivity contribution in [1.29, 1.82) is 0 Å². The minimum absolute atomic E-state index is 0.151. The molecule has 0 saturated heterocycles. The number of ether oxygens (including phenoxy) is 1. The van der Waals surface area contributed by atoms with Crippen molar-refractivity contribution in [3.63, 3.8) is 0 Å². The third-order valence-corrected chi connectivity index (χ3v) is 3.74. The summed E-state index contributed by atoms with van der Waals surface area (Å²) in [6, 6.07) is 13.1. The lowest BCUT2D eigenvalue weighted by Gasteiger charge is -2.11. The van der Waals surface area contributed by atoms with Gasteiger partial charge in [-0.1, -0.05) is 41.9 Å². The lowest BCUT2D eigenvalue weighted by Crippen LogP contribution is -2.12. The van der Waals surface area contributed by atoms with E-state index in [-0.39, 0.29) is 5.91 Å². The molecule has 2 aromatic rings. The molecule has 2 rings (SSSR count). The van der Waals surface area contributed by atoms with Crippen LogP contribution in [0.3, 0.4) is 0 Å². The van der Waals surface area contributed by atoms with Gasteiger partial charge in [-0.15, -0.1) is 0 Å². The molecule has 0 atom stereocenters. The van der Waals surface area contributed by atoms with Crippen molar-refractivity contribution in [2.24, 2.45) is 0 Å². The van der Waals surface area contributed by atoms with Crippen LogP contribution < -0.4 is 10.1 Å². The highest BCUT2D eigenvalue weighted by Gasteiger charge is 2.10. The molecule has 0 aliphatic carbocycles. The number of halogens is 1. The van der Waals surface area contributed by atoms with E-state index >= 15 is 0 Å². The number of hydrogen-bond donors (Lipinski definition) is 1. The second-order valence-electron chi connectivity index (χ2n) is 5.08. The minimum Gasteiger partial charge on any atom is -0.495 e. The van der Waals surface area contributed by atoms with Crippen molar-refractivity contribution >= 4 is 27.5 Å². The van der Waals surface area contributed by atoms with Crippen molar-refractivity contribution in [1.82, 2.24) is 0 Å². The smallest absolute Gasteiger partial charge is 0.255 e. The maximum absolute atomic E-state index is 12.3. The number of amides is 1. The Balaban J connectivity index is 2.19. The lowest BCUT2D eigenvalue weighted by atomic mass is 10.0. The van der Waals surface area contributed by atoms with Gasteiger partial charge in [-0.05, 0) is 41.8 Å². The van der Waals surface area contributed by atoms with Crippen LogP contribution in [0.25, 0.3) is 0 Å². The zero-order valence-electron chi connectivity index (χ0n) is 12.3. The van der Waals surface area contributed by atoms with Crippen molar-refractivity contribution in [3.8, 4) is 5.75 Å². The molecule has 0 aromatic heterocycles. The summed E-state index contributed by atoms with van der Waals surface area (Å²) in [7, 11) is 1.58. The predicted molar refractivity (Wildman–Crippen MR) is 89.2 cm³/mol. The van der Waals surface area contributed by atoms with E-state index in [0.717, 1.165) is 4.47 Å². The number of benzene rings is 2. The number of carbonyl (C=O) groups excluding carboxylic acids is 1. The SMILES string of the molecule is COc1ccc(Br)cc1NC(=O)c1ccc(C(C)C)cc1. The van der Waals surface area contributed by atoms with Gasteiger partial charge in [0, 0.05) is 10.0 Å². The first-order chi connectivity index (χ1) is 10.0. The topological polar surface area (TPSA) is 38.3 Å². The van der Waals surface area contributed by atoms with Crippen LogP contribution in [-0.2, 0) is 0 Å². The maximum Gasteiger partial charge on any atom is 0.255 e. The van der Waals surface area contributed by atoms with Crippen LogP contribution in [0.15, 0.2) is 46.9 Å². The molecular formula is C17H18BrNO2. The van der Waals surface area contributed by atoms with Crippen LogP contribution in [0.2, 0.25) is 0 Å². The van der Waals surface area contributed by atoms with Crippen molar-refractivity contribution in [2.75, 3.05) is 12.4 Å². The highest BCUT2D eigenvalue weighted by atomic mass is 79.9. The van der Waals surface area contributed by atoms with E-state index in [1.807, 2.05) is 42.5 Å². The van der Waals surface area contributed by atoms with Gasteiger partial charge in [0.25, 0.3) is 5.91 Å². The molecule has 0 spiro atoms. The number of methoxy groups -OCH3 is 1. The predicted octanol–water partition coefficient (Wildman–Crippen LogP) is 4.83. The number of anilines is 1. The molecule has 4 heteroatoms. The summed E-state index contributed by atoms with van der Waals surface area (Å²) in [6.45, 7) is 4.25. The molecule has 3 nitrogen and oxygen atoms in total. The van der Waals surface area contributed by atoms with E-state index in [0.29, 0.717) is 22.9 Å². The molecule has 21 heavy (non-hydrogen) atoms. The lowest BCUT2D eigenvalue weighted by molar-refractivity contribution is 0.102. The van der Waals surface area contributed by atoms with Gasteiger partial charge in [0.2, 0.25) is 0 Å². The molecule has 0 saturated carbocycles. The van der Waals surface area contributed by atoms with Gasteiger partial charge in [-0.3, -0.25) is 4.79 Å². The Bertz CT molecular complexity index is 636. The normalized spacial score (nSPS) is 10.5. The van der Waals surface area contributed by atoms with Gasteiger partial charge < -0.3 is 10.1 Å². The third-order valence-electron chi connectivity index (χ3n) is 3.25. The summed E-state index contributed by atoms with van der Waals surface area (Å²) in [5.74, 6) is 0.930. The number of hydrogen-bond acceptors (Lipinski definition) is 2. The summed E-state index contributed by atoms with van der Waals surface area (Å²) in [6.07, 6.45) is 0. The van der Waals surface area contributed by atoms with Crippen LogP contribution in [0.4, 0.5) is 5.69 Å². The zero-order valence-corrected chi connectivity index (χ0v) is 13.9. The first kappa shape index (κ1) is 15.6. The van der Waals surface area contributed by atoms with Crippen LogP contribution in [-0.4, -0.2) is 13.0 Å². The molecule has 0 bridgehead atoms. The molecule has 0 radical (unpaired) electrons. The van der Waals surface area contributed by atoms with Gasteiger partial charge in [0.15, 0.2) is 0 Å². The maximum atomic E-state index is 12.3. The average molecular weight is 348 g/mol. The molecule has 0 aliphatic rings. The van der Waals surface area contributed by atoms with Gasteiger partial charge in [0.05, 0.1) is 12.8 Å². The highest BCUT2D eigenvalue weighted by Crippen LogP contribution is 2.28. The number of rotatable bonds is 4. The van der Waals surface area contributed by atoms with Gasteiger partial charge in [-0.2, -0.15) is 0 Å². The zero-order chi connectivity index (χ0) is 15.4. The minimum atomic E-state index is -0.151. The van der Waals surface area contributed by atoms with E-state index < -0.39 is 0 Å². The van der Waals surface area contributed by atoms with Crippen LogP contribution in [0.1, 0.15) is 35.7 Å². The van der Waals surface area contributed by atoms with Crippen LogP contribution >= 0.6 is 15.9 Å². The molecule has 1 N–H and O–H groups in total. The first-order valence-corrected chi connectivity index (χ1v) is 7.55. The monoisotopic (exact) mass is 347 g/mol. The summed E-state index contributed by atoms with van der Waals surface area (Å²) < 4.78 is 6.14. The van der Waals surface area contributed by atoms with Gasteiger partial charge in [0.1, 0.15) is 5.75 Å². The fourth-order valence-electron chi connectivity index (χ4n) is 1.99. The summed E-state index contributed by atoms with van der Waals surface area (Å²) in [5.41, 5.74) is 2.48. The molecule has 1 amide bonds. The summed E-state index contributed by atoms with van der Waals surface area (Å²) in [4.78, 5) is 12.3. The Labute approximate surface area is 133 Å². The second kappa shape index (κ2) is 6.76. The standard InChI is InChI=1S/C17H18BrNO2/c1-11(2)12-4-6-13(7-5-12)17(20)19-15-10-14(18)8-9-16(15)21-3/h4-11H,1-3H3,(H,19,20). The van der Waals surface area contributed by atoms with Crippen LogP contribution in [0, 0.1) is 0 Å². The highest BCUT2D eigenvalue weighted by molar-refractivity contribution is 9.10. The largest absolute Gasteiger partial charge is 0.495 e. The number of nitrogens with one attached hydrogen (secondary N) is 1. The van der Waals surface area contributed by atoms with E-state index in [1.54, 1.807) is 7.11 Å². The van der Waals surface area contributed by atoms with E-state index in [9.17, 15) is 4.79 Å². The van der Waals surface area contributed by atoms with E-state index in [2.05, 4.69) is 35.1 Å². The van der Waals surface area contributed by atoms with Crippen molar-refractivity contribution in [3.05, 3.63) is 58.1 Å². The molecule has 0 heterocycles. The third kappa shape index (κ3) is 3.85. The Hall–Kier alpha value is -1.81. The van der Waals surface area contributed by atoms with Crippen molar-refractivity contribution in [2.45, 2.75) is 19.8 Å². The summed E-state index contributed by atoms with van der Waals surface area (Å²) >= 11 is 3.39. The average Bonchev–Trinajstić information content (AvgIpc) is 2.47. The fraction of sp³-hybridized carbons (Fsp3) is 0.235. The Morgan fingerprint density at radius 2 is 1.81 bits per heavy atom. The van der Waals surface area contributed by atoms with Crippen LogP contribution in [0.5, 0.6) is 5.75 Å². The Morgan fingerprint density at radius 1 is 1.14 bits per heavy atom. The summed E-state index contributed by atoms with van der Waals surface area (Å²) in [5, 5.41) is 2.87. The van der Waals surface area contributed by atoms with E-state index in [4.69, 9.17) is 4.74 Å². The molecule has 0 fully saturated rings. The van der Waals surface area contributed by atoms with Crippen molar-refractivity contribution < 1.29 is 9.53 Å². The first-order valence-electron chi connectivity index (χ1n) is 6.76. The fourth-order valence-corrected chi connectivity index (χ4v) is 2.35. The Morgan fingerprint density at radius 3 is 2.38 bits per heavy atom. The molecule has 0 unspecified atom stereocenters. The molecule has 110 valence electrons. The quantitative estimate of drug-likeness (QED) is 0.859. The van der Waals surface area contributed by atoms with Gasteiger partial charge >= 0.3 is 0 Å². The Kier molecular flexibility index (Phi) is 5.02.